The van der Waals surface area contributed by atoms with Gasteiger partial charge in [-0.1, -0.05) is 6.92 Å². The Kier molecular flexibility index (Phi) is 34.9. The molecule has 0 unspecified atom stereocenters. The summed E-state index contributed by atoms with van der Waals surface area (Å²) in [5.74, 6) is 0.255. The van der Waals surface area contributed by atoms with E-state index in [-0.39, 0.29) is 5.78 Å². The van der Waals surface area contributed by atoms with Crippen LogP contribution in [0.4, 0.5) is 0 Å². The molecule has 5 nitrogen and oxygen atoms in total. The highest BCUT2D eigenvalue weighted by atomic mass is 16.1. The molecule has 0 fully saturated rings. The highest BCUT2D eigenvalue weighted by molar-refractivity contribution is 5.74. The Morgan fingerprint density at radius 1 is 1.27 bits per heavy atom. The van der Waals surface area contributed by atoms with Gasteiger partial charge in [-0.2, -0.15) is 0 Å². The largest absolute Gasteiger partial charge is 0.300 e. The van der Waals surface area contributed by atoms with Crippen LogP contribution in [-0.2, 0) is 14.4 Å². The van der Waals surface area contributed by atoms with Crippen molar-refractivity contribution in [2.45, 2.75) is 20.3 Å². The summed E-state index contributed by atoms with van der Waals surface area (Å²) in [6, 6.07) is 0. The molecule has 0 bridgehead atoms. The van der Waals surface area contributed by atoms with E-state index in [1.807, 2.05) is 6.92 Å². The van der Waals surface area contributed by atoms with Crippen LogP contribution in [0.15, 0.2) is 0 Å². The molecule has 0 spiro atoms. The van der Waals surface area contributed by atoms with E-state index in [9.17, 15) is 4.79 Å². The van der Waals surface area contributed by atoms with E-state index in [2.05, 4.69) is 0 Å². The molecule has 0 saturated carbocycles. The van der Waals surface area contributed by atoms with E-state index < -0.39 is 0 Å². The van der Waals surface area contributed by atoms with E-state index in [4.69, 9.17) is 20.4 Å². The predicted octanol–water partition coefficient (Wildman–Crippen LogP) is 0.787. The smallest absolute Gasteiger partial charge is 0.231 e. The third-order valence-corrected chi connectivity index (χ3v) is 0.498. The molecule has 5 heteroatoms. The topological polar surface area (TPSA) is 98.9 Å². The van der Waals surface area contributed by atoms with Crippen LogP contribution >= 0.6 is 0 Å². The molecule has 11 heavy (non-hydrogen) atoms. The summed E-state index contributed by atoms with van der Waals surface area (Å²) in [6.45, 7) is 3.43. The lowest BCUT2D eigenvalue weighted by atomic mass is 10.4. The normalized spacial score (nSPS) is 4.91. The lowest BCUT2D eigenvalue weighted by Crippen LogP contribution is -1.80. The Bertz CT molecular complexity index is 141. The van der Waals surface area contributed by atoms with Gasteiger partial charge in [-0.05, 0) is 6.92 Å². The van der Waals surface area contributed by atoms with Crippen molar-refractivity contribution in [1.29, 1.82) is 10.8 Å². The summed E-state index contributed by atoms with van der Waals surface area (Å²) < 4.78 is 0. The van der Waals surface area contributed by atoms with Gasteiger partial charge in [0.2, 0.25) is 12.2 Å². The molecular weight excluding hydrogens is 148 g/mol. The number of ketones is 1. The maximum Gasteiger partial charge on any atom is 0.231 e. The molecule has 0 radical (unpaired) electrons. The molecule has 0 heterocycles. The van der Waals surface area contributed by atoms with Crippen molar-refractivity contribution >= 4 is 17.9 Å². The number of rotatable bonds is 1. The molecule has 0 rings (SSSR count). The van der Waals surface area contributed by atoms with Gasteiger partial charge in [0, 0.05) is 6.42 Å². The monoisotopic (exact) mass is 158 g/mol. The average molecular weight is 158 g/mol. The number of hydrogen-bond acceptors (Lipinski definition) is 5. The number of isocyanates is 2. The van der Waals surface area contributed by atoms with Crippen LogP contribution in [0.2, 0.25) is 0 Å². The fourth-order valence-corrected chi connectivity index (χ4v) is 0. The fraction of sp³-hybridized carbons (Fsp3) is 0.500. The summed E-state index contributed by atoms with van der Waals surface area (Å²) in [5, 5.41) is 10.8. The lowest BCUT2D eigenvalue weighted by Gasteiger charge is -1.71. The summed E-state index contributed by atoms with van der Waals surface area (Å²) in [6.07, 6.45) is 2.17. The molecular formula is C6H10N2O3. The number of carbonyl (C=O) groups is 1. The molecule has 0 aromatic rings. The minimum absolute atomic E-state index is 0.255. The first kappa shape index (κ1) is 16.2. The SMILES string of the molecule is CCC(C)=O.N=C=O.N=C=O. The van der Waals surface area contributed by atoms with Gasteiger partial charge < -0.3 is 4.79 Å². The van der Waals surface area contributed by atoms with E-state index in [0.717, 1.165) is 12.2 Å². The molecule has 2 N–H and O–H groups in total. The van der Waals surface area contributed by atoms with Gasteiger partial charge in [0.05, 0.1) is 0 Å². The van der Waals surface area contributed by atoms with Crippen molar-refractivity contribution in [3.63, 3.8) is 0 Å². The highest BCUT2D eigenvalue weighted by Gasteiger charge is 1.76. The molecule has 0 aromatic heterocycles. The molecule has 0 aromatic carbocycles. The maximum atomic E-state index is 9.81. The highest BCUT2D eigenvalue weighted by Crippen LogP contribution is 1.71. The standard InChI is InChI=1S/C4H8O.2CHNO/c1-3-4(2)5;2*2-1-3/h3H2,1-2H3;2*2H. The van der Waals surface area contributed by atoms with Gasteiger partial charge in [0.25, 0.3) is 0 Å². The molecule has 0 saturated heterocycles. The van der Waals surface area contributed by atoms with Gasteiger partial charge in [0.1, 0.15) is 5.78 Å². The van der Waals surface area contributed by atoms with Crippen LogP contribution in [0.5, 0.6) is 0 Å². The molecule has 0 aliphatic heterocycles. The van der Waals surface area contributed by atoms with Crippen molar-refractivity contribution in [2.75, 3.05) is 0 Å². The van der Waals surface area contributed by atoms with Crippen LogP contribution in [0.3, 0.4) is 0 Å². The van der Waals surface area contributed by atoms with E-state index in [1.165, 1.54) is 0 Å². The third-order valence-electron chi connectivity index (χ3n) is 0.498. The lowest BCUT2D eigenvalue weighted by molar-refractivity contribution is -0.116. The first-order chi connectivity index (χ1) is 5.10. The first-order valence-electron chi connectivity index (χ1n) is 2.67. The Balaban J connectivity index is -0.0000000933. The summed E-state index contributed by atoms with van der Waals surface area (Å²) >= 11 is 0. The molecule has 0 atom stereocenters. The zero-order valence-electron chi connectivity index (χ0n) is 6.43. The number of Topliss-reactive ketones (excluding diaryl/α,β-unsaturated/α-hetero) is 1. The van der Waals surface area contributed by atoms with E-state index in [0.29, 0.717) is 6.42 Å². The Labute approximate surface area is 64.4 Å². The summed E-state index contributed by atoms with van der Waals surface area (Å²) in [4.78, 5) is 26.5. The summed E-state index contributed by atoms with van der Waals surface area (Å²) in [7, 11) is 0. The Hall–Kier alpha value is -1.57. The van der Waals surface area contributed by atoms with Gasteiger partial charge in [-0.3, -0.25) is 0 Å². The van der Waals surface area contributed by atoms with Crippen LogP contribution in [-0.4, -0.2) is 17.9 Å². The van der Waals surface area contributed by atoms with Crippen LogP contribution in [0.25, 0.3) is 0 Å². The van der Waals surface area contributed by atoms with Crippen LogP contribution in [0.1, 0.15) is 20.3 Å². The fourth-order valence-electron chi connectivity index (χ4n) is 0. The average Bonchev–Trinajstić information content (AvgIpc) is 1.91. The molecule has 0 aliphatic rings. The van der Waals surface area contributed by atoms with Gasteiger partial charge in [0.15, 0.2) is 0 Å². The molecule has 0 aliphatic carbocycles. The number of nitrogens with one attached hydrogen (secondary N) is 2. The third kappa shape index (κ3) is 1890. The van der Waals surface area contributed by atoms with Gasteiger partial charge in [-0.15, -0.1) is 0 Å². The van der Waals surface area contributed by atoms with E-state index >= 15 is 0 Å². The maximum absolute atomic E-state index is 9.81. The second-order valence-electron chi connectivity index (χ2n) is 1.26. The van der Waals surface area contributed by atoms with Gasteiger partial charge in [-0.25, -0.2) is 20.4 Å². The first-order valence-corrected chi connectivity index (χ1v) is 2.67. The Morgan fingerprint density at radius 3 is 1.36 bits per heavy atom. The summed E-state index contributed by atoms with van der Waals surface area (Å²) in [5.41, 5.74) is 0. The molecule has 62 valence electrons. The van der Waals surface area contributed by atoms with Crippen LogP contribution in [0, 0.1) is 10.8 Å². The number of hydrogen-bond donors (Lipinski definition) is 2. The number of carbonyl (C=O) groups excluding carboxylic acids is 3. The van der Waals surface area contributed by atoms with Crippen molar-refractivity contribution in [2.24, 2.45) is 0 Å². The minimum atomic E-state index is 0.255. The van der Waals surface area contributed by atoms with Crippen molar-refractivity contribution in [3.8, 4) is 0 Å². The van der Waals surface area contributed by atoms with Crippen LogP contribution < -0.4 is 0 Å². The zero-order chi connectivity index (χ0) is 9.70. The van der Waals surface area contributed by atoms with Crippen molar-refractivity contribution in [1.82, 2.24) is 0 Å². The van der Waals surface area contributed by atoms with Gasteiger partial charge >= 0.3 is 0 Å². The molecule has 0 amide bonds. The zero-order valence-corrected chi connectivity index (χ0v) is 6.43. The minimum Gasteiger partial charge on any atom is -0.300 e. The second kappa shape index (κ2) is 23.7. The van der Waals surface area contributed by atoms with Crippen molar-refractivity contribution in [3.05, 3.63) is 0 Å². The quantitative estimate of drug-likeness (QED) is 0.435. The second-order valence-corrected chi connectivity index (χ2v) is 1.26. The Morgan fingerprint density at radius 2 is 1.36 bits per heavy atom. The van der Waals surface area contributed by atoms with Crippen molar-refractivity contribution < 1.29 is 14.4 Å². The van der Waals surface area contributed by atoms with E-state index in [1.54, 1.807) is 6.92 Å². The predicted molar refractivity (Wildman–Crippen MR) is 37.8 cm³/mol.